The van der Waals surface area contributed by atoms with E-state index < -0.39 is 0 Å². The summed E-state index contributed by atoms with van der Waals surface area (Å²) in [6.45, 7) is 10.1. The summed E-state index contributed by atoms with van der Waals surface area (Å²) >= 11 is 0. The minimum atomic E-state index is 0.598. The Labute approximate surface area is 110 Å². The van der Waals surface area contributed by atoms with Gasteiger partial charge >= 0.3 is 0 Å². The summed E-state index contributed by atoms with van der Waals surface area (Å²) in [6.07, 6.45) is 3.17. The Balaban J connectivity index is 1.87. The molecule has 0 bridgehead atoms. The van der Waals surface area contributed by atoms with Crippen molar-refractivity contribution in [2.45, 2.75) is 32.9 Å². The van der Waals surface area contributed by atoms with E-state index in [1.165, 1.54) is 25.1 Å². The van der Waals surface area contributed by atoms with E-state index in [1.807, 2.05) is 12.3 Å². The molecular weight excluding hydrogens is 224 g/mol. The summed E-state index contributed by atoms with van der Waals surface area (Å²) < 4.78 is 0. The fourth-order valence-electron chi connectivity index (χ4n) is 2.78. The van der Waals surface area contributed by atoms with Crippen LogP contribution in [0.2, 0.25) is 0 Å². The third-order valence-corrected chi connectivity index (χ3v) is 3.83. The Morgan fingerprint density at radius 3 is 2.78 bits per heavy atom. The van der Waals surface area contributed by atoms with Crippen LogP contribution in [0.15, 0.2) is 18.3 Å². The molecule has 4 nitrogen and oxygen atoms in total. The molecular formula is C14H24N4. The van der Waals surface area contributed by atoms with Crippen LogP contribution in [0.3, 0.4) is 0 Å². The molecule has 1 aromatic heterocycles. The summed E-state index contributed by atoms with van der Waals surface area (Å²) in [5, 5.41) is 0. The molecule has 1 aromatic rings. The van der Waals surface area contributed by atoms with Crippen LogP contribution in [-0.2, 0) is 6.54 Å². The van der Waals surface area contributed by atoms with Gasteiger partial charge in [0, 0.05) is 31.9 Å². The number of pyridine rings is 1. The highest BCUT2D eigenvalue weighted by Crippen LogP contribution is 2.17. The van der Waals surface area contributed by atoms with Crippen molar-refractivity contribution in [2.24, 2.45) is 0 Å². The van der Waals surface area contributed by atoms with Gasteiger partial charge in [0.05, 0.1) is 0 Å². The number of anilines is 1. The molecule has 0 radical (unpaired) electrons. The van der Waals surface area contributed by atoms with E-state index in [-0.39, 0.29) is 0 Å². The van der Waals surface area contributed by atoms with Crippen LogP contribution in [0.4, 0.5) is 5.82 Å². The smallest absolute Gasteiger partial charge is 0.123 e. The van der Waals surface area contributed by atoms with E-state index >= 15 is 0 Å². The molecule has 0 aromatic carbocycles. The first-order chi connectivity index (χ1) is 8.72. The summed E-state index contributed by atoms with van der Waals surface area (Å²) in [5.41, 5.74) is 6.86. The van der Waals surface area contributed by atoms with E-state index in [0.717, 1.165) is 25.7 Å². The molecule has 1 aliphatic heterocycles. The Bertz CT molecular complexity index is 359. The fraction of sp³-hybridized carbons (Fsp3) is 0.643. The monoisotopic (exact) mass is 248 g/mol. The molecule has 18 heavy (non-hydrogen) atoms. The quantitative estimate of drug-likeness (QED) is 0.859. The van der Waals surface area contributed by atoms with E-state index in [2.05, 4.69) is 34.7 Å². The van der Waals surface area contributed by atoms with Crippen molar-refractivity contribution in [1.29, 1.82) is 0 Å². The predicted octanol–water partition coefficient (Wildman–Crippen LogP) is 1.58. The van der Waals surface area contributed by atoms with Crippen LogP contribution in [0.5, 0.6) is 0 Å². The molecule has 0 aliphatic carbocycles. The van der Waals surface area contributed by atoms with Gasteiger partial charge in [-0.25, -0.2) is 4.98 Å². The van der Waals surface area contributed by atoms with Gasteiger partial charge in [-0.3, -0.25) is 9.80 Å². The zero-order valence-corrected chi connectivity index (χ0v) is 11.5. The maximum Gasteiger partial charge on any atom is 0.123 e. The first kappa shape index (κ1) is 13.3. The second-order valence-corrected chi connectivity index (χ2v) is 4.99. The minimum absolute atomic E-state index is 0.598. The lowest BCUT2D eigenvalue weighted by Crippen LogP contribution is -2.37. The first-order valence-corrected chi connectivity index (χ1v) is 6.89. The van der Waals surface area contributed by atoms with Gasteiger partial charge in [0.2, 0.25) is 0 Å². The van der Waals surface area contributed by atoms with Crippen molar-refractivity contribution >= 4 is 5.82 Å². The van der Waals surface area contributed by atoms with Gasteiger partial charge < -0.3 is 5.73 Å². The maximum absolute atomic E-state index is 5.60. The Morgan fingerprint density at radius 2 is 2.17 bits per heavy atom. The topological polar surface area (TPSA) is 45.4 Å². The van der Waals surface area contributed by atoms with Crippen molar-refractivity contribution in [2.75, 3.05) is 31.9 Å². The lowest BCUT2D eigenvalue weighted by atomic mass is 10.2. The van der Waals surface area contributed by atoms with Crippen molar-refractivity contribution in [3.8, 4) is 0 Å². The Hall–Kier alpha value is -1.13. The molecule has 0 amide bonds. The number of hydrogen-bond donors (Lipinski definition) is 1. The third kappa shape index (κ3) is 3.21. The number of likely N-dealkylation sites (tertiary alicyclic amines) is 1. The second-order valence-electron chi connectivity index (χ2n) is 4.99. The fourth-order valence-corrected chi connectivity index (χ4v) is 2.78. The number of rotatable bonds is 5. The van der Waals surface area contributed by atoms with Gasteiger partial charge in [-0.2, -0.15) is 0 Å². The van der Waals surface area contributed by atoms with Gasteiger partial charge in [0.1, 0.15) is 5.82 Å². The van der Waals surface area contributed by atoms with Crippen LogP contribution in [0.1, 0.15) is 25.8 Å². The molecule has 1 unspecified atom stereocenters. The van der Waals surface area contributed by atoms with E-state index in [0.29, 0.717) is 5.82 Å². The number of hydrogen-bond acceptors (Lipinski definition) is 4. The average molecular weight is 248 g/mol. The molecule has 0 saturated carbocycles. The summed E-state index contributed by atoms with van der Waals surface area (Å²) in [7, 11) is 0. The molecule has 2 N–H and O–H groups in total. The highest BCUT2D eigenvalue weighted by molar-refractivity contribution is 5.29. The lowest BCUT2D eigenvalue weighted by Gasteiger charge is -2.26. The molecule has 1 atom stereocenters. The molecule has 1 fully saturated rings. The number of aromatic nitrogens is 1. The van der Waals surface area contributed by atoms with Crippen LogP contribution < -0.4 is 5.73 Å². The van der Waals surface area contributed by atoms with Crippen molar-refractivity contribution in [3.05, 3.63) is 23.9 Å². The molecule has 1 saturated heterocycles. The molecule has 4 heteroatoms. The minimum Gasteiger partial charge on any atom is -0.384 e. The van der Waals surface area contributed by atoms with E-state index in [4.69, 9.17) is 5.73 Å². The number of nitrogen functional groups attached to an aromatic ring is 1. The van der Waals surface area contributed by atoms with Gasteiger partial charge in [0.25, 0.3) is 0 Å². The number of nitrogens with two attached hydrogens (primary N) is 1. The third-order valence-electron chi connectivity index (χ3n) is 3.83. The maximum atomic E-state index is 5.60. The highest BCUT2D eigenvalue weighted by atomic mass is 15.2. The summed E-state index contributed by atoms with van der Waals surface area (Å²) in [6, 6.07) is 4.68. The predicted molar refractivity (Wildman–Crippen MR) is 75.3 cm³/mol. The van der Waals surface area contributed by atoms with Crippen molar-refractivity contribution < 1.29 is 0 Å². The summed E-state index contributed by atoms with van der Waals surface area (Å²) in [5.74, 6) is 0.598. The first-order valence-electron chi connectivity index (χ1n) is 6.89. The highest BCUT2D eigenvalue weighted by Gasteiger charge is 2.25. The van der Waals surface area contributed by atoms with Crippen LogP contribution >= 0.6 is 0 Å². The van der Waals surface area contributed by atoms with Gasteiger partial charge in [-0.1, -0.05) is 19.9 Å². The molecule has 100 valence electrons. The van der Waals surface area contributed by atoms with E-state index in [1.54, 1.807) is 0 Å². The Kier molecular flexibility index (Phi) is 4.55. The van der Waals surface area contributed by atoms with Crippen LogP contribution in [0.25, 0.3) is 0 Å². The second kappa shape index (κ2) is 6.16. The molecule has 2 heterocycles. The van der Waals surface area contributed by atoms with Crippen molar-refractivity contribution in [1.82, 2.24) is 14.8 Å². The van der Waals surface area contributed by atoms with Gasteiger partial charge in [-0.15, -0.1) is 0 Å². The number of nitrogens with zero attached hydrogens (tertiary/aromatic N) is 3. The van der Waals surface area contributed by atoms with Crippen LogP contribution in [0, 0.1) is 0 Å². The zero-order chi connectivity index (χ0) is 13.0. The molecule has 1 aliphatic rings. The average Bonchev–Trinajstić information content (AvgIpc) is 2.82. The summed E-state index contributed by atoms with van der Waals surface area (Å²) in [4.78, 5) is 9.22. The lowest BCUT2D eigenvalue weighted by molar-refractivity contribution is 0.209. The SMILES string of the molecule is CCN(CC)C1CCN(Cc2ccc(N)nc2)C1. The number of likely N-dealkylation sites (N-methyl/N-ethyl adjacent to an activating group) is 1. The molecule has 2 rings (SSSR count). The van der Waals surface area contributed by atoms with Crippen molar-refractivity contribution in [3.63, 3.8) is 0 Å². The van der Waals surface area contributed by atoms with Gasteiger partial charge in [-0.05, 0) is 31.1 Å². The van der Waals surface area contributed by atoms with Crippen LogP contribution in [-0.4, -0.2) is 47.0 Å². The largest absolute Gasteiger partial charge is 0.384 e. The molecule has 0 spiro atoms. The van der Waals surface area contributed by atoms with E-state index in [9.17, 15) is 0 Å². The normalized spacial score (nSPS) is 20.7. The zero-order valence-electron chi connectivity index (χ0n) is 11.5. The standard InChI is InChI=1S/C14H24N4/c1-3-18(4-2)13-7-8-17(11-13)10-12-5-6-14(15)16-9-12/h5-6,9,13H,3-4,7-8,10-11H2,1-2H3,(H2,15,16). The van der Waals surface area contributed by atoms with Gasteiger partial charge in [0.15, 0.2) is 0 Å². The Morgan fingerprint density at radius 1 is 1.39 bits per heavy atom.